The van der Waals surface area contributed by atoms with E-state index in [2.05, 4.69) is 0 Å². The van der Waals surface area contributed by atoms with Gasteiger partial charge in [-0.25, -0.2) is 4.79 Å². The molecule has 0 amide bonds. The normalized spacial score (nSPS) is 23.5. The molecular weight excluding hydrogens is 272 g/mol. The molecule has 0 aliphatic carbocycles. The van der Waals surface area contributed by atoms with Crippen LogP contribution in [0.3, 0.4) is 0 Å². The third-order valence-electron chi connectivity index (χ3n) is 4.00. The van der Waals surface area contributed by atoms with E-state index in [0.29, 0.717) is 31.9 Å². The average Bonchev–Trinajstić information content (AvgIpc) is 3.35. The highest BCUT2D eigenvalue weighted by Crippen LogP contribution is 2.21. The van der Waals surface area contributed by atoms with Crippen LogP contribution in [0.4, 0.5) is 0 Å². The first-order valence-electron chi connectivity index (χ1n) is 7.10. The summed E-state index contributed by atoms with van der Waals surface area (Å²) < 4.78 is 13.9. The van der Waals surface area contributed by atoms with Crippen LogP contribution in [0, 0.1) is 0 Å². The standard InChI is InChI=1S/C15H16N2O4/c1-9(18)10-2-3-13-14(4-10)17(6-12-8-21-12)15(19)16(13)5-11-7-20-11/h2-4,11-12H,5-8H2,1H3. The number of nitrogens with zero attached hydrogens (tertiary/aromatic N) is 2. The van der Waals surface area contributed by atoms with Crippen LogP contribution in [-0.2, 0) is 22.6 Å². The largest absolute Gasteiger partial charge is 0.371 e. The molecule has 0 spiro atoms. The number of benzene rings is 1. The van der Waals surface area contributed by atoms with Crippen molar-refractivity contribution in [3.63, 3.8) is 0 Å². The number of hydrogen-bond acceptors (Lipinski definition) is 4. The third kappa shape index (κ3) is 2.30. The molecule has 6 heteroatoms. The lowest BCUT2D eigenvalue weighted by Gasteiger charge is -2.01. The zero-order valence-corrected chi connectivity index (χ0v) is 11.7. The Balaban J connectivity index is 1.88. The number of aromatic nitrogens is 2. The number of Topliss-reactive ketones (excluding diaryl/α,β-unsaturated/α-hetero) is 1. The molecule has 2 aliphatic heterocycles. The predicted molar refractivity (Wildman–Crippen MR) is 75.7 cm³/mol. The van der Waals surface area contributed by atoms with Crippen molar-refractivity contribution in [2.75, 3.05) is 13.2 Å². The lowest BCUT2D eigenvalue weighted by molar-refractivity contribution is 0.101. The van der Waals surface area contributed by atoms with E-state index in [9.17, 15) is 9.59 Å². The van der Waals surface area contributed by atoms with Crippen LogP contribution in [0.2, 0.25) is 0 Å². The van der Waals surface area contributed by atoms with E-state index in [0.717, 1.165) is 11.0 Å². The molecule has 0 saturated carbocycles. The number of carbonyl (C=O) groups is 1. The Kier molecular flexibility index (Phi) is 2.77. The first-order valence-corrected chi connectivity index (χ1v) is 7.10. The molecule has 0 N–H and O–H groups in total. The molecule has 3 heterocycles. The van der Waals surface area contributed by atoms with Gasteiger partial charge in [-0.2, -0.15) is 0 Å². The summed E-state index contributed by atoms with van der Waals surface area (Å²) in [5.41, 5.74) is 2.20. The van der Waals surface area contributed by atoms with Crippen molar-refractivity contribution in [2.45, 2.75) is 32.2 Å². The van der Waals surface area contributed by atoms with Gasteiger partial charge in [0.05, 0.1) is 49.5 Å². The van der Waals surface area contributed by atoms with Crippen molar-refractivity contribution in [1.82, 2.24) is 9.13 Å². The van der Waals surface area contributed by atoms with Crippen LogP contribution in [0.15, 0.2) is 23.0 Å². The molecule has 2 fully saturated rings. The fraction of sp³-hybridized carbons (Fsp3) is 0.467. The molecule has 1 aromatic carbocycles. The molecular formula is C15H16N2O4. The van der Waals surface area contributed by atoms with Crippen molar-refractivity contribution >= 4 is 16.8 Å². The van der Waals surface area contributed by atoms with Crippen LogP contribution < -0.4 is 5.69 Å². The summed E-state index contributed by atoms with van der Waals surface area (Å²) in [6.07, 6.45) is 0.242. The minimum absolute atomic E-state index is 0.00292. The topological polar surface area (TPSA) is 69.1 Å². The highest BCUT2D eigenvalue weighted by molar-refractivity contribution is 5.97. The van der Waals surface area contributed by atoms with Crippen LogP contribution in [0.1, 0.15) is 17.3 Å². The Hall–Kier alpha value is -1.92. The molecule has 21 heavy (non-hydrogen) atoms. The van der Waals surface area contributed by atoms with E-state index in [1.165, 1.54) is 6.92 Å². The highest BCUT2D eigenvalue weighted by atomic mass is 16.6. The third-order valence-corrected chi connectivity index (χ3v) is 4.00. The van der Waals surface area contributed by atoms with E-state index >= 15 is 0 Å². The molecule has 0 radical (unpaired) electrons. The van der Waals surface area contributed by atoms with Gasteiger partial charge in [0.1, 0.15) is 0 Å². The van der Waals surface area contributed by atoms with E-state index in [1.807, 2.05) is 6.07 Å². The first-order chi connectivity index (χ1) is 10.1. The van der Waals surface area contributed by atoms with Gasteiger partial charge in [-0.15, -0.1) is 0 Å². The molecule has 2 aliphatic rings. The van der Waals surface area contributed by atoms with E-state index in [-0.39, 0.29) is 23.7 Å². The van der Waals surface area contributed by atoms with Gasteiger partial charge < -0.3 is 9.47 Å². The number of hydrogen-bond donors (Lipinski definition) is 0. The second-order valence-electron chi connectivity index (χ2n) is 5.67. The summed E-state index contributed by atoms with van der Waals surface area (Å²) in [6.45, 7) is 4.03. The number of ether oxygens (including phenoxy) is 2. The maximum absolute atomic E-state index is 12.6. The van der Waals surface area contributed by atoms with Crippen LogP contribution >= 0.6 is 0 Å². The minimum Gasteiger partial charge on any atom is -0.371 e. The van der Waals surface area contributed by atoms with Crippen molar-refractivity contribution < 1.29 is 14.3 Å². The van der Waals surface area contributed by atoms with Crippen molar-refractivity contribution in [2.24, 2.45) is 0 Å². The molecule has 2 atom stereocenters. The average molecular weight is 288 g/mol. The van der Waals surface area contributed by atoms with Gasteiger partial charge in [0.15, 0.2) is 5.78 Å². The van der Waals surface area contributed by atoms with E-state index < -0.39 is 0 Å². The Morgan fingerprint density at radius 3 is 2.24 bits per heavy atom. The number of imidazole rings is 1. The number of carbonyl (C=O) groups excluding carboxylic acids is 1. The molecule has 2 saturated heterocycles. The Morgan fingerprint density at radius 2 is 1.71 bits per heavy atom. The zero-order valence-electron chi connectivity index (χ0n) is 11.7. The van der Waals surface area contributed by atoms with Gasteiger partial charge in [-0.05, 0) is 25.1 Å². The number of epoxide rings is 2. The van der Waals surface area contributed by atoms with Crippen molar-refractivity contribution in [3.8, 4) is 0 Å². The second kappa shape index (κ2) is 4.54. The predicted octanol–water partition coefficient (Wildman–Crippen LogP) is 0.803. The second-order valence-corrected chi connectivity index (χ2v) is 5.67. The maximum atomic E-state index is 12.6. The lowest BCUT2D eigenvalue weighted by atomic mass is 10.1. The van der Waals surface area contributed by atoms with E-state index in [4.69, 9.17) is 9.47 Å². The van der Waals surface area contributed by atoms with Crippen LogP contribution in [-0.4, -0.2) is 40.3 Å². The van der Waals surface area contributed by atoms with Gasteiger partial charge in [-0.3, -0.25) is 13.9 Å². The molecule has 2 unspecified atom stereocenters. The van der Waals surface area contributed by atoms with Crippen LogP contribution in [0.5, 0.6) is 0 Å². The Morgan fingerprint density at radius 1 is 1.14 bits per heavy atom. The van der Waals surface area contributed by atoms with Gasteiger partial charge in [-0.1, -0.05) is 0 Å². The first kappa shape index (κ1) is 12.8. The van der Waals surface area contributed by atoms with Crippen molar-refractivity contribution in [1.29, 1.82) is 0 Å². The highest BCUT2D eigenvalue weighted by Gasteiger charge is 2.29. The molecule has 110 valence electrons. The van der Waals surface area contributed by atoms with E-state index in [1.54, 1.807) is 21.3 Å². The molecule has 6 nitrogen and oxygen atoms in total. The fourth-order valence-electron chi connectivity index (χ4n) is 2.65. The SMILES string of the molecule is CC(=O)c1ccc2c(c1)n(CC1CO1)c(=O)n2CC1CO1. The molecule has 1 aromatic heterocycles. The number of ketones is 1. The monoisotopic (exact) mass is 288 g/mol. The Bertz CT molecular complexity index is 781. The lowest BCUT2D eigenvalue weighted by Crippen LogP contribution is -2.27. The smallest absolute Gasteiger partial charge is 0.329 e. The summed E-state index contributed by atoms with van der Waals surface area (Å²) >= 11 is 0. The quantitative estimate of drug-likeness (QED) is 0.603. The summed E-state index contributed by atoms with van der Waals surface area (Å²) in [5.74, 6) is -0.00292. The van der Waals surface area contributed by atoms with Crippen LogP contribution in [0.25, 0.3) is 11.0 Å². The molecule has 2 aromatic rings. The summed E-state index contributed by atoms with van der Waals surface area (Å²) in [4.78, 5) is 24.2. The minimum atomic E-state index is -0.0586. The van der Waals surface area contributed by atoms with Gasteiger partial charge >= 0.3 is 5.69 Å². The van der Waals surface area contributed by atoms with Gasteiger partial charge in [0.25, 0.3) is 0 Å². The summed E-state index contributed by atoms with van der Waals surface area (Å²) in [7, 11) is 0. The zero-order chi connectivity index (χ0) is 14.6. The van der Waals surface area contributed by atoms with Gasteiger partial charge in [0, 0.05) is 5.56 Å². The molecule has 0 bridgehead atoms. The Labute approximate surface area is 120 Å². The summed E-state index contributed by atoms with van der Waals surface area (Å²) in [5, 5.41) is 0. The van der Waals surface area contributed by atoms with Crippen molar-refractivity contribution in [3.05, 3.63) is 34.2 Å². The molecule has 4 rings (SSSR count). The number of fused-ring (bicyclic) bond motifs is 1. The fourth-order valence-corrected chi connectivity index (χ4v) is 2.65. The summed E-state index contributed by atoms with van der Waals surface area (Å²) in [6, 6.07) is 5.41. The number of rotatable bonds is 5. The maximum Gasteiger partial charge on any atom is 0.329 e. The van der Waals surface area contributed by atoms with Gasteiger partial charge in [0.2, 0.25) is 0 Å².